The maximum atomic E-state index is 13.3. The molecule has 1 aromatic carbocycles. The molecule has 1 aliphatic heterocycles. The molecule has 3 heteroatoms. The molecule has 2 nitrogen and oxygen atoms in total. The number of hydrogen-bond donors (Lipinski definition) is 1. The van der Waals surface area contributed by atoms with Crippen molar-refractivity contribution in [2.45, 2.75) is 45.8 Å². The van der Waals surface area contributed by atoms with E-state index < -0.39 is 0 Å². The lowest BCUT2D eigenvalue weighted by molar-refractivity contribution is 0.122. The SMILES string of the molecule is CC1CCN(Cc2cc(F)ccc2CN)C(C)C1. The third-order valence-electron chi connectivity index (χ3n) is 4.04. The van der Waals surface area contributed by atoms with Crippen LogP contribution in [-0.2, 0) is 13.1 Å². The molecule has 0 spiro atoms. The third-order valence-corrected chi connectivity index (χ3v) is 4.04. The van der Waals surface area contributed by atoms with Gasteiger partial charge >= 0.3 is 0 Å². The first-order valence-electron chi connectivity index (χ1n) is 6.81. The number of nitrogens with two attached hydrogens (primary N) is 1. The van der Waals surface area contributed by atoms with Crippen molar-refractivity contribution in [1.82, 2.24) is 4.90 Å². The van der Waals surface area contributed by atoms with Crippen LogP contribution in [0.2, 0.25) is 0 Å². The first-order valence-corrected chi connectivity index (χ1v) is 6.81. The molecule has 1 aromatic rings. The maximum Gasteiger partial charge on any atom is 0.123 e. The van der Waals surface area contributed by atoms with E-state index in [2.05, 4.69) is 18.7 Å². The molecule has 0 bridgehead atoms. The predicted molar refractivity (Wildman–Crippen MR) is 72.6 cm³/mol. The Morgan fingerprint density at radius 3 is 2.78 bits per heavy atom. The molecule has 2 unspecified atom stereocenters. The van der Waals surface area contributed by atoms with Gasteiger partial charge in [0, 0.05) is 19.1 Å². The van der Waals surface area contributed by atoms with Gasteiger partial charge in [-0.15, -0.1) is 0 Å². The van der Waals surface area contributed by atoms with Gasteiger partial charge in [-0.3, -0.25) is 4.90 Å². The average Bonchev–Trinajstić information content (AvgIpc) is 2.33. The highest BCUT2D eigenvalue weighted by Crippen LogP contribution is 2.24. The highest BCUT2D eigenvalue weighted by molar-refractivity contribution is 5.27. The number of nitrogens with zero attached hydrogens (tertiary/aromatic N) is 1. The molecule has 100 valence electrons. The fourth-order valence-electron chi connectivity index (χ4n) is 2.85. The molecule has 1 aliphatic rings. The fraction of sp³-hybridized carbons (Fsp3) is 0.600. The molecule has 0 radical (unpaired) electrons. The molecule has 1 saturated heterocycles. The molecule has 2 atom stereocenters. The van der Waals surface area contributed by atoms with Gasteiger partial charge in [-0.05, 0) is 55.5 Å². The van der Waals surface area contributed by atoms with Crippen molar-refractivity contribution >= 4 is 0 Å². The van der Waals surface area contributed by atoms with E-state index >= 15 is 0 Å². The Morgan fingerprint density at radius 1 is 1.33 bits per heavy atom. The summed E-state index contributed by atoms with van der Waals surface area (Å²) in [6, 6.07) is 5.50. The summed E-state index contributed by atoms with van der Waals surface area (Å²) in [6.07, 6.45) is 2.46. The van der Waals surface area contributed by atoms with Crippen LogP contribution in [0.15, 0.2) is 18.2 Å². The second-order valence-corrected chi connectivity index (χ2v) is 5.57. The highest BCUT2D eigenvalue weighted by atomic mass is 19.1. The second-order valence-electron chi connectivity index (χ2n) is 5.57. The van der Waals surface area contributed by atoms with Gasteiger partial charge in [0.1, 0.15) is 5.82 Å². The largest absolute Gasteiger partial charge is 0.326 e. The van der Waals surface area contributed by atoms with Crippen LogP contribution in [0.4, 0.5) is 4.39 Å². The van der Waals surface area contributed by atoms with Crippen LogP contribution in [0.5, 0.6) is 0 Å². The van der Waals surface area contributed by atoms with E-state index in [-0.39, 0.29) is 5.82 Å². The summed E-state index contributed by atoms with van der Waals surface area (Å²) in [7, 11) is 0. The molecule has 0 saturated carbocycles. The van der Waals surface area contributed by atoms with Gasteiger partial charge in [-0.1, -0.05) is 13.0 Å². The summed E-state index contributed by atoms with van der Waals surface area (Å²) >= 11 is 0. The predicted octanol–water partition coefficient (Wildman–Crippen LogP) is 2.90. The van der Waals surface area contributed by atoms with Gasteiger partial charge in [0.2, 0.25) is 0 Å². The van der Waals surface area contributed by atoms with Crippen molar-refractivity contribution in [3.63, 3.8) is 0 Å². The minimum Gasteiger partial charge on any atom is -0.326 e. The Morgan fingerprint density at radius 2 is 2.11 bits per heavy atom. The normalized spacial score (nSPS) is 25.3. The fourth-order valence-corrected chi connectivity index (χ4v) is 2.85. The Labute approximate surface area is 109 Å². The molecule has 0 aromatic heterocycles. The summed E-state index contributed by atoms with van der Waals surface area (Å²) < 4.78 is 13.3. The topological polar surface area (TPSA) is 29.3 Å². The summed E-state index contributed by atoms with van der Waals surface area (Å²) in [5.41, 5.74) is 7.82. The van der Waals surface area contributed by atoms with E-state index in [0.717, 1.165) is 30.1 Å². The minimum absolute atomic E-state index is 0.166. The molecular formula is C15H23FN2. The standard InChI is InChI=1S/C15H23FN2/c1-11-5-6-18(12(2)7-11)10-14-8-15(16)4-3-13(14)9-17/h3-4,8,11-12H,5-7,9-10,17H2,1-2H3. The third kappa shape index (κ3) is 3.09. The monoisotopic (exact) mass is 250 g/mol. The molecule has 0 aliphatic carbocycles. The zero-order valence-electron chi connectivity index (χ0n) is 11.3. The van der Waals surface area contributed by atoms with Gasteiger partial charge in [-0.2, -0.15) is 0 Å². The Balaban J connectivity index is 2.11. The smallest absolute Gasteiger partial charge is 0.123 e. The number of rotatable bonds is 3. The van der Waals surface area contributed by atoms with E-state index in [4.69, 9.17) is 5.73 Å². The van der Waals surface area contributed by atoms with Crippen molar-refractivity contribution in [3.8, 4) is 0 Å². The van der Waals surface area contributed by atoms with E-state index in [1.165, 1.54) is 18.9 Å². The first-order chi connectivity index (χ1) is 8.60. The summed E-state index contributed by atoms with van der Waals surface area (Å²) in [4.78, 5) is 2.44. The zero-order valence-corrected chi connectivity index (χ0v) is 11.3. The highest BCUT2D eigenvalue weighted by Gasteiger charge is 2.23. The van der Waals surface area contributed by atoms with Crippen LogP contribution in [0.1, 0.15) is 37.8 Å². The Kier molecular flexibility index (Phi) is 4.36. The number of likely N-dealkylation sites (tertiary alicyclic amines) is 1. The van der Waals surface area contributed by atoms with E-state index in [1.807, 2.05) is 6.07 Å². The zero-order chi connectivity index (χ0) is 13.1. The molecule has 2 rings (SSSR count). The van der Waals surface area contributed by atoms with Crippen molar-refractivity contribution in [1.29, 1.82) is 0 Å². The van der Waals surface area contributed by atoms with E-state index in [0.29, 0.717) is 12.6 Å². The van der Waals surface area contributed by atoms with Gasteiger partial charge in [0.05, 0.1) is 0 Å². The van der Waals surface area contributed by atoms with Crippen LogP contribution >= 0.6 is 0 Å². The lowest BCUT2D eigenvalue weighted by Crippen LogP contribution is -2.39. The number of piperidine rings is 1. The Bertz CT molecular complexity index is 405. The molecular weight excluding hydrogens is 227 g/mol. The van der Waals surface area contributed by atoms with Crippen molar-refractivity contribution in [2.24, 2.45) is 11.7 Å². The van der Waals surface area contributed by atoms with E-state index in [1.54, 1.807) is 6.07 Å². The first kappa shape index (κ1) is 13.5. The van der Waals surface area contributed by atoms with Crippen molar-refractivity contribution < 1.29 is 4.39 Å². The van der Waals surface area contributed by atoms with Crippen LogP contribution < -0.4 is 5.73 Å². The minimum atomic E-state index is -0.166. The van der Waals surface area contributed by atoms with Crippen LogP contribution in [-0.4, -0.2) is 17.5 Å². The molecule has 2 N–H and O–H groups in total. The summed E-state index contributed by atoms with van der Waals surface area (Å²) in [6.45, 7) is 6.97. The number of hydrogen-bond acceptors (Lipinski definition) is 2. The summed E-state index contributed by atoms with van der Waals surface area (Å²) in [5.74, 6) is 0.637. The van der Waals surface area contributed by atoms with Crippen LogP contribution in [0, 0.1) is 11.7 Å². The number of halogens is 1. The van der Waals surface area contributed by atoms with Crippen LogP contribution in [0.3, 0.4) is 0 Å². The van der Waals surface area contributed by atoms with Crippen LogP contribution in [0.25, 0.3) is 0 Å². The molecule has 18 heavy (non-hydrogen) atoms. The summed E-state index contributed by atoms with van der Waals surface area (Å²) in [5, 5.41) is 0. The van der Waals surface area contributed by atoms with E-state index in [9.17, 15) is 4.39 Å². The number of benzene rings is 1. The molecule has 1 fully saturated rings. The Hall–Kier alpha value is -0.930. The second kappa shape index (κ2) is 5.81. The molecule has 1 heterocycles. The van der Waals surface area contributed by atoms with Gasteiger partial charge in [-0.25, -0.2) is 4.39 Å². The quantitative estimate of drug-likeness (QED) is 0.893. The lowest BCUT2D eigenvalue weighted by atomic mass is 9.92. The molecule has 0 amide bonds. The van der Waals surface area contributed by atoms with Crippen molar-refractivity contribution in [3.05, 3.63) is 35.1 Å². The van der Waals surface area contributed by atoms with Gasteiger partial charge in [0.25, 0.3) is 0 Å². The maximum absolute atomic E-state index is 13.3. The average molecular weight is 250 g/mol. The lowest BCUT2D eigenvalue weighted by Gasteiger charge is -2.36. The van der Waals surface area contributed by atoms with Gasteiger partial charge in [0.15, 0.2) is 0 Å². The van der Waals surface area contributed by atoms with Crippen molar-refractivity contribution in [2.75, 3.05) is 6.54 Å². The van der Waals surface area contributed by atoms with Gasteiger partial charge < -0.3 is 5.73 Å².